The molecule has 0 aromatic carbocycles. The Morgan fingerprint density at radius 1 is 1.22 bits per heavy atom. The molecule has 0 radical (unpaired) electrons. The fraction of sp³-hybridized carbons (Fsp3) is 0.667. The monoisotopic (exact) mass is 486 g/mol. The van der Waals surface area contributed by atoms with E-state index in [2.05, 4.69) is 50.0 Å². The molecule has 1 fully saturated rings. The third-order valence-electron chi connectivity index (χ3n) is 5.01. The second-order valence-corrected chi connectivity index (χ2v) is 6.93. The van der Waals surface area contributed by atoms with E-state index in [0.717, 1.165) is 51.5 Å². The van der Waals surface area contributed by atoms with Gasteiger partial charge in [0.1, 0.15) is 12.7 Å². The minimum Gasteiger partial charge on any atom is -0.357 e. The van der Waals surface area contributed by atoms with Crippen LogP contribution in [0.1, 0.15) is 39.2 Å². The Morgan fingerprint density at radius 3 is 2.74 bits per heavy atom. The van der Waals surface area contributed by atoms with Gasteiger partial charge in [0, 0.05) is 45.1 Å². The Balaban J connectivity index is 0.00000261. The predicted octanol–water partition coefficient (Wildman–Crippen LogP) is 2.42. The molecule has 3 rings (SSSR count). The number of likely N-dealkylation sites (tertiary alicyclic amines) is 1. The van der Waals surface area contributed by atoms with Crippen LogP contribution in [0, 0.1) is 5.92 Å². The zero-order chi connectivity index (χ0) is 18.2. The van der Waals surface area contributed by atoms with Crippen molar-refractivity contribution < 1.29 is 0 Å². The number of aliphatic imine (C=N–C) groups is 1. The van der Waals surface area contributed by atoms with Crippen LogP contribution < -0.4 is 5.32 Å². The van der Waals surface area contributed by atoms with E-state index < -0.39 is 0 Å². The van der Waals surface area contributed by atoms with Gasteiger partial charge < -0.3 is 19.4 Å². The molecule has 3 heterocycles. The Morgan fingerprint density at radius 2 is 2.04 bits per heavy atom. The fourth-order valence-electron chi connectivity index (χ4n) is 3.45. The van der Waals surface area contributed by atoms with Gasteiger partial charge in [-0.05, 0) is 32.1 Å². The van der Waals surface area contributed by atoms with Crippen LogP contribution in [0.2, 0.25) is 0 Å². The maximum Gasteiger partial charge on any atom is 0.193 e. The van der Waals surface area contributed by atoms with Crippen molar-refractivity contribution >= 4 is 29.9 Å². The van der Waals surface area contributed by atoms with Crippen LogP contribution in [0.5, 0.6) is 0 Å². The van der Waals surface area contributed by atoms with Crippen LogP contribution in [0.3, 0.4) is 0 Å². The number of guanidine groups is 1. The molecule has 0 aliphatic carbocycles. The molecule has 1 aliphatic heterocycles. The second-order valence-electron chi connectivity index (χ2n) is 6.93. The summed E-state index contributed by atoms with van der Waals surface area (Å²) in [4.78, 5) is 11.5. The summed E-state index contributed by atoms with van der Waals surface area (Å²) in [5, 5.41) is 11.1. The number of hydrogen-bond donors (Lipinski definition) is 1. The number of halogens is 1. The van der Waals surface area contributed by atoms with Gasteiger partial charge >= 0.3 is 0 Å². The number of aromatic nitrogens is 5. The molecule has 0 amide bonds. The average molecular weight is 486 g/mol. The number of piperidine rings is 1. The molecule has 2 aromatic heterocycles. The summed E-state index contributed by atoms with van der Waals surface area (Å²) in [6, 6.07) is 0.448. The van der Waals surface area contributed by atoms with Crippen LogP contribution in [0.25, 0.3) is 0 Å². The van der Waals surface area contributed by atoms with Gasteiger partial charge in [0.25, 0.3) is 0 Å². The Bertz CT molecular complexity index is 655. The van der Waals surface area contributed by atoms with Gasteiger partial charge in [-0.15, -0.1) is 34.2 Å². The number of imidazole rings is 1. The molecule has 2 aromatic rings. The molecule has 27 heavy (non-hydrogen) atoms. The number of unbranched alkanes of at least 4 members (excludes halogenated alkanes) is 1. The molecule has 1 aliphatic rings. The number of nitrogens with one attached hydrogen (secondary N) is 1. The summed E-state index contributed by atoms with van der Waals surface area (Å²) in [5.74, 6) is 1.68. The lowest BCUT2D eigenvalue weighted by Crippen LogP contribution is -2.49. The van der Waals surface area contributed by atoms with Gasteiger partial charge in [-0.2, -0.15) is 0 Å². The first-order valence-electron chi connectivity index (χ1n) is 9.61. The lowest BCUT2D eigenvalue weighted by molar-refractivity contribution is 0.189. The molecule has 1 N–H and O–H groups in total. The van der Waals surface area contributed by atoms with Gasteiger partial charge in [0.2, 0.25) is 0 Å². The average Bonchev–Trinajstić information content (AvgIpc) is 3.35. The first-order chi connectivity index (χ1) is 12.8. The quantitative estimate of drug-likeness (QED) is 0.282. The molecule has 2 unspecified atom stereocenters. The highest BCUT2D eigenvalue weighted by Gasteiger charge is 2.28. The first-order valence-corrected chi connectivity index (χ1v) is 9.61. The van der Waals surface area contributed by atoms with Crippen LogP contribution in [0.4, 0.5) is 0 Å². The summed E-state index contributed by atoms with van der Waals surface area (Å²) in [7, 11) is 0. The Labute approximate surface area is 178 Å². The summed E-state index contributed by atoms with van der Waals surface area (Å²) in [6.07, 6.45) is 12.7. The summed E-state index contributed by atoms with van der Waals surface area (Å²) in [5.41, 5.74) is 0. The predicted molar refractivity (Wildman–Crippen MR) is 117 cm³/mol. The molecule has 150 valence electrons. The van der Waals surface area contributed by atoms with Crippen molar-refractivity contribution in [1.82, 2.24) is 34.5 Å². The molecule has 0 spiro atoms. The van der Waals surface area contributed by atoms with Crippen molar-refractivity contribution in [2.45, 2.75) is 45.7 Å². The van der Waals surface area contributed by atoms with Gasteiger partial charge in [0.05, 0.1) is 12.4 Å². The molecular formula is C18H31IN8. The maximum absolute atomic E-state index is 4.86. The van der Waals surface area contributed by atoms with E-state index in [-0.39, 0.29) is 24.0 Å². The topological polar surface area (TPSA) is 76.2 Å². The van der Waals surface area contributed by atoms with Crippen molar-refractivity contribution in [2.75, 3.05) is 26.2 Å². The third kappa shape index (κ3) is 6.18. The highest BCUT2D eigenvalue weighted by atomic mass is 127. The van der Waals surface area contributed by atoms with Crippen LogP contribution in [0.15, 0.2) is 36.4 Å². The van der Waals surface area contributed by atoms with Crippen LogP contribution >= 0.6 is 24.0 Å². The standard InChI is InChI=1S/C18H30N8.HI/c1-3-20-18(21-7-4-5-9-24-14-22-23-15-24)25-10-6-16(2)17(12-25)26-11-8-19-13-26;/h8,11,13-17H,3-7,9-10,12H2,1-2H3,(H,20,21);1H. The lowest BCUT2D eigenvalue weighted by Gasteiger charge is -2.39. The summed E-state index contributed by atoms with van der Waals surface area (Å²) < 4.78 is 4.25. The molecule has 0 bridgehead atoms. The van der Waals surface area contributed by atoms with Crippen molar-refractivity contribution in [3.05, 3.63) is 31.4 Å². The zero-order valence-electron chi connectivity index (χ0n) is 16.2. The van der Waals surface area contributed by atoms with E-state index in [1.807, 2.05) is 17.1 Å². The van der Waals surface area contributed by atoms with E-state index >= 15 is 0 Å². The highest BCUT2D eigenvalue weighted by molar-refractivity contribution is 14.0. The first kappa shape index (κ1) is 21.6. The third-order valence-corrected chi connectivity index (χ3v) is 5.01. The minimum atomic E-state index is 0. The Kier molecular flexibility index (Phi) is 9.02. The lowest BCUT2D eigenvalue weighted by atomic mass is 9.93. The van der Waals surface area contributed by atoms with Crippen molar-refractivity contribution in [1.29, 1.82) is 0 Å². The van der Waals surface area contributed by atoms with Gasteiger partial charge in [0.15, 0.2) is 5.96 Å². The SMILES string of the molecule is CCNC(=NCCCCn1cnnc1)N1CCC(C)C(n2ccnc2)C1.I. The smallest absolute Gasteiger partial charge is 0.193 e. The minimum absolute atomic E-state index is 0. The molecule has 1 saturated heterocycles. The number of aryl methyl sites for hydroxylation is 1. The molecule has 0 saturated carbocycles. The zero-order valence-corrected chi connectivity index (χ0v) is 18.6. The van der Waals surface area contributed by atoms with Crippen LogP contribution in [-0.2, 0) is 6.54 Å². The number of rotatable bonds is 7. The van der Waals surface area contributed by atoms with Gasteiger partial charge in [-0.3, -0.25) is 4.99 Å². The second kappa shape index (κ2) is 11.3. The van der Waals surface area contributed by atoms with Crippen molar-refractivity contribution in [3.63, 3.8) is 0 Å². The number of hydrogen-bond acceptors (Lipinski definition) is 4. The summed E-state index contributed by atoms with van der Waals surface area (Å²) >= 11 is 0. The van der Waals surface area contributed by atoms with Gasteiger partial charge in [-0.1, -0.05) is 6.92 Å². The fourth-order valence-corrected chi connectivity index (χ4v) is 3.45. The molecular weight excluding hydrogens is 455 g/mol. The van der Waals surface area contributed by atoms with Crippen molar-refractivity contribution in [3.8, 4) is 0 Å². The van der Waals surface area contributed by atoms with Crippen molar-refractivity contribution in [2.24, 2.45) is 10.9 Å². The van der Waals surface area contributed by atoms with E-state index in [9.17, 15) is 0 Å². The largest absolute Gasteiger partial charge is 0.357 e. The highest BCUT2D eigenvalue weighted by Crippen LogP contribution is 2.27. The van der Waals surface area contributed by atoms with Gasteiger partial charge in [-0.25, -0.2) is 4.98 Å². The van der Waals surface area contributed by atoms with E-state index in [4.69, 9.17) is 4.99 Å². The van der Waals surface area contributed by atoms with Crippen LogP contribution in [-0.4, -0.2) is 61.4 Å². The van der Waals surface area contributed by atoms with E-state index in [1.165, 1.54) is 6.42 Å². The number of nitrogens with zero attached hydrogens (tertiary/aromatic N) is 7. The molecule has 9 heteroatoms. The summed E-state index contributed by atoms with van der Waals surface area (Å²) in [6.45, 7) is 9.16. The van der Waals surface area contributed by atoms with E-state index in [1.54, 1.807) is 12.7 Å². The maximum atomic E-state index is 4.86. The molecule has 8 nitrogen and oxygen atoms in total. The normalized spacial score (nSPS) is 20.4. The Hall–Kier alpha value is -1.65. The van der Waals surface area contributed by atoms with E-state index in [0.29, 0.717) is 12.0 Å². The molecule has 2 atom stereocenters.